The van der Waals surface area contributed by atoms with Crippen LogP contribution in [-0.4, -0.2) is 35.0 Å². The Morgan fingerprint density at radius 2 is 1.91 bits per heavy atom. The average molecular weight is 440 g/mol. The van der Waals surface area contributed by atoms with Crippen LogP contribution in [0.1, 0.15) is 48.0 Å². The summed E-state index contributed by atoms with van der Waals surface area (Å²) < 4.78 is 25.1. The molecule has 0 spiro atoms. The maximum absolute atomic E-state index is 13.8. The number of nitrogens with zero attached hydrogens (tertiary/aromatic N) is 2. The lowest BCUT2D eigenvalue weighted by atomic mass is 9.98. The van der Waals surface area contributed by atoms with Crippen molar-refractivity contribution in [3.8, 4) is 0 Å². The lowest BCUT2D eigenvalue weighted by Crippen LogP contribution is -2.31. The zero-order valence-electron chi connectivity index (χ0n) is 17.5. The lowest BCUT2D eigenvalue weighted by molar-refractivity contribution is -0.384. The number of carbonyl (C=O) groups excluding carboxylic acids is 1. The highest BCUT2D eigenvalue weighted by Gasteiger charge is 2.42. The first kappa shape index (κ1) is 21.6. The third-order valence-electron chi connectivity index (χ3n) is 5.34. The maximum atomic E-state index is 13.8. The van der Waals surface area contributed by atoms with Gasteiger partial charge in [0, 0.05) is 25.3 Å². The fourth-order valence-electron chi connectivity index (χ4n) is 3.90. The lowest BCUT2D eigenvalue weighted by Gasteiger charge is -2.25. The van der Waals surface area contributed by atoms with Crippen molar-refractivity contribution in [1.82, 2.24) is 4.90 Å². The summed E-state index contributed by atoms with van der Waals surface area (Å²) in [6.07, 6.45) is 0.555. The number of hydrogen-bond donors (Lipinski definition) is 0. The molecule has 4 rings (SSSR count). The zero-order chi connectivity index (χ0) is 23.0. The van der Waals surface area contributed by atoms with E-state index in [-0.39, 0.29) is 40.6 Å². The van der Waals surface area contributed by atoms with Crippen molar-refractivity contribution in [2.75, 3.05) is 13.2 Å². The second kappa shape index (κ2) is 8.51. The Hall–Kier alpha value is -3.59. The van der Waals surface area contributed by atoms with Gasteiger partial charge in [-0.25, -0.2) is 4.39 Å². The van der Waals surface area contributed by atoms with Crippen molar-refractivity contribution in [2.24, 2.45) is 0 Å². The molecule has 32 heavy (non-hydrogen) atoms. The molecule has 0 fully saturated rings. The fourth-order valence-corrected chi connectivity index (χ4v) is 3.90. The normalized spacial score (nSPS) is 15.6. The highest BCUT2D eigenvalue weighted by Crippen LogP contribution is 2.38. The molecular formula is C23H21FN2O6. The van der Waals surface area contributed by atoms with E-state index in [1.807, 2.05) is 13.8 Å². The quantitative estimate of drug-likeness (QED) is 0.310. The molecule has 0 bridgehead atoms. The molecule has 0 N–H and O–H groups in total. The summed E-state index contributed by atoms with van der Waals surface area (Å²) in [5.74, 6) is -1.15. The molecule has 1 amide bonds. The number of nitro benzene ring substituents is 1. The predicted octanol–water partition coefficient (Wildman–Crippen LogP) is 4.20. The molecule has 1 aromatic heterocycles. The molecule has 0 radical (unpaired) electrons. The smallest absolute Gasteiger partial charge is 0.290 e. The van der Waals surface area contributed by atoms with Gasteiger partial charge in [-0.2, -0.15) is 0 Å². The molecule has 1 aliphatic heterocycles. The number of carbonyl (C=O) groups is 1. The Bertz CT molecular complexity index is 1250. The van der Waals surface area contributed by atoms with E-state index in [9.17, 15) is 24.1 Å². The number of fused-ring (bicyclic) bond motifs is 2. The van der Waals surface area contributed by atoms with Gasteiger partial charge in [-0.15, -0.1) is 0 Å². The van der Waals surface area contributed by atoms with Crippen LogP contribution >= 0.6 is 0 Å². The molecule has 0 unspecified atom stereocenters. The SMILES string of the molecule is CC(C)OCCCN1C(=O)c2oc3ccc(F)cc3c(=O)c2[C@H]1c1ccc([N+](=O)[O-])cc1. The third kappa shape index (κ3) is 3.87. The van der Waals surface area contributed by atoms with Crippen molar-refractivity contribution in [2.45, 2.75) is 32.4 Å². The minimum atomic E-state index is -0.804. The Labute approximate surface area is 182 Å². The molecule has 0 saturated carbocycles. The van der Waals surface area contributed by atoms with Gasteiger partial charge in [-0.3, -0.25) is 19.7 Å². The van der Waals surface area contributed by atoms with Crippen LogP contribution < -0.4 is 5.43 Å². The Kier molecular flexibility index (Phi) is 5.75. The summed E-state index contributed by atoms with van der Waals surface area (Å²) in [7, 11) is 0. The standard InChI is InChI=1S/C23H21FN2O6/c1-13(2)31-11-3-10-25-20(14-4-7-16(8-5-14)26(29)30)19-21(27)17-12-15(24)6-9-18(17)32-22(19)23(25)28/h4-9,12-13,20H,3,10-11H2,1-2H3/t20-/m1/s1. The summed E-state index contributed by atoms with van der Waals surface area (Å²) in [6.45, 7) is 4.51. The number of amides is 1. The second-order valence-electron chi connectivity index (χ2n) is 7.84. The molecule has 166 valence electrons. The van der Waals surface area contributed by atoms with Gasteiger partial charge in [0.05, 0.1) is 28.0 Å². The number of ether oxygens (including phenoxy) is 1. The van der Waals surface area contributed by atoms with Crippen molar-refractivity contribution in [3.63, 3.8) is 0 Å². The molecular weight excluding hydrogens is 419 g/mol. The topological polar surface area (TPSA) is 103 Å². The predicted molar refractivity (Wildman–Crippen MR) is 114 cm³/mol. The van der Waals surface area contributed by atoms with E-state index in [2.05, 4.69) is 0 Å². The summed E-state index contributed by atoms with van der Waals surface area (Å²) in [4.78, 5) is 38.5. The summed E-state index contributed by atoms with van der Waals surface area (Å²) in [5.41, 5.74) is 0.138. The number of non-ortho nitro benzene ring substituents is 1. The minimum Gasteiger partial charge on any atom is -0.450 e. The first-order valence-electron chi connectivity index (χ1n) is 10.2. The fraction of sp³-hybridized carbons (Fsp3) is 0.304. The Balaban J connectivity index is 1.81. The zero-order valence-corrected chi connectivity index (χ0v) is 17.5. The van der Waals surface area contributed by atoms with E-state index < -0.39 is 28.1 Å². The van der Waals surface area contributed by atoms with Crippen LogP contribution in [0.2, 0.25) is 0 Å². The van der Waals surface area contributed by atoms with Gasteiger partial charge in [-0.05, 0) is 56.2 Å². The van der Waals surface area contributed by atoms with Crippen LogP contribution in [0.4, 0.5) is 10.1 Å². The van der Waals surface area contributed by atoms with Gasteiger partial charge in [0.1, 0.15) is 11.4 Å². The molecule has 2 heterocycles. The summed E-state index contributed by atoms with van der Waals surface area (Å²) in [5, 5.41) is 11.1. The van der Waals surface area contributed by atoms with Gasteiger partial charge in [0.15, 0.2) is 5.43 Å². The Morgan fingerprint density at radius 1 is 1.19 bits per heavy atom. The van der Waals surface area contributed by atoms with E-state index in [4.69, 9.17) is 9.15 Å². The average Bonchev–Trinajstić information content (AvgIpc) is 3.04. The monoisotopic (exact) mass is 440 g/mol. The first-order chi connectivity index (χ1) is 15.3. The Morgan fingerprint density at radius 3 is 2.56 bits per heavy atom. The van der Waals surface area contributed by atoms with E-state index >= 15 is 0 Å². The van der Waals surface area contributed by atoms with Crippen LogP contribution in [0.25, 0.3) is 11.0 Å². The highest BCUT2D eigenvalue weighted by atomic mass is 19.1. The number of rotatable bonds is 7. The summed E-state index contributed by atoms with van der Waals surface area (Å²) in [6, 6.07) is 8.42. The number of nitro groups is 1. The molecule has 2 aromatic carbocycles. The highest BCUT2D eigenvalue weighted by molar-refractivity contribution is 5.99. The molecule has 3 aromatic rings. The van der Waals surface area contributed by atoms with Crippen LogP contribution in [0.3, 0.4) is 0 Å². The van der Waals surface area contributed by atoms with Gasteiger partial charge >= 0.3 is 0 Å². The van der Waals surface area contributed by atoms with Crippen LogP contribution in [-0.2, 0) is 4.74 Å². The number of benzene rings is 2. The van der Waals surface area contributed by atoms with Crippen molar-refractivity contribution >= 4 is 22.6 Å². The van der Waals surface area contributed by atoms with Crippen molar-refractivity contribution in [3.05, 3.63) is 85.5 Å². The van der Waals surface area contributed by atoms with Gasteiger partial charge in [0.2, 0.25) is 5.76 Å². The van der Waals surface area contributed by atoms with E-state index in [0.29, 0.717) is 18.6 Å². The molecule has 0 aliphatic carbocycles. The van der Waals surface area contributed by atoms with Gasteiger partial charge in [-0.1, -0.05) is 0 Å². The molecule has 0 saturated heterocycles. The summed E-state index contributed by atoms with van der Waals surface area (Å²) >= 11 is 0. The van der Waals surface area contributed by atoms with Crippen LogP contribution in [0, 0.1) is 15.9 Å². The third-order valence-corrected chi connectivity index (χ3v) is 5.34. The van der Waals surface area contributed by atoms with Gasteiger partial charge < -0.3 is 14.1 Å². The van der Waals surface area contributed by atoms with Gasteiger partial charge in [0.25, 0.3) is 11.6 Å². The van der Waals surface area contributed by atoms with E-state index in [1.54, 1.807) is 0 Å². The van der Waals surface area contributed by atoms with E-state index in [0.717, 1.165) is 12.1 Å². The van der Waals surface area contributed by atoms with Crippen molar-refractivity contribution < 1.29 is 23.3 Å². The van der Waals surface area contributed by atoms with Crippen molar-refractivity contribution in [1.29, 1.82) is 0 Å². The maximum Gasteiger partial charge on any atom is 0.290 e. The second-order valence-corrected chi connectivity index (χ2v) is 7.84. The largest absolute Gasteiger partial charge is 0.450 e. The molecule has 8 nitrogen and oxygen atoms in total. The number of halogens is 1. The van der Waals surface area contributed by atoms with E-state index in [1.165, 1.54) is 35.2 Å². The number of hydrogen-bond acceptors (Lipinski definition) is 6. The van der Waals surface area contributed by atoms with Crippen LogP contribution in [0.15, 0.2) is 51.7 Å². The molecule has 9 heteroatoms. The molecule has 1 aliphatic rings. The first-order valence-corrected chi connectivity index (χ1v) is 10.2. The molecule has 1 atom stereocenters. The minimum absolute atomic E-state index is 0.0356. The van der Waals surface area contributed by atoms with Crippen LogP contribution in [0.5, 0.6) is 0 Å².